The van der Waals surface area contributed by atoms with E-state index in [1.165, 1.54) is 19.2 Å². The number of esters is 1. The van der Waals surface area contributed by atoms with Crippen LogP contribution in [0.5, 0.6) is 5.75 Å². The summed E-state index contributed by atoms with van der Waals surface area (Å²) >= 11 is 5.94. The Morgan fingerprint density at radius 3 is 2.54 bits per heavy atom. The highest BCUT2D eigenvalue weighted by Gasteiger charge is 2.22. The zero-order valence-corrected chi connectivity index (χ0v) is 16.0. The molecule has 1 saturated heterocycles. The molecule has 2 aromatic carbocycles. The minimum Gasteiger partial charge on any atom is -0.496 e. The molecule has 0 radical (unpaired) electrons. The lowest BCUT2D eigenvalue weighted by atomic mass is 10.1. The Hall–Kier alpha value is -3.06. The summed E-state index contributed by atoms with van der Waals surface area (Å²) in [4.78, 5) is 38.1. The number of hydrogen-bond donors (Lipinski definition) is 1. The summed E-state index contributed by atoms with van der Waals surface area (Å²) in [6.07, 6.45) is 1.36. The molecule has 8 heteroatoms. The maximum Gasteiger partial charge on any atom is 0.342 e. The van der Waals surface area contributed by atoms with E-state index in [0.717, 1.165) is 12.1 Å². The number of carbonyl (C=O) groups excluding carboxylic acids is 3. The Morgan fingerprint density at radius 1 is 1.21 bits per heavy atom. The third-order valence-corrected chi connectivity index (χ3v) is 4.77. The lowest BCUT2D eigenvalue weighted by Crippen LogP contribution is -2.23. The number of nitrogens with zero attached hydrogens (tertiary/aromatic N) is 1. The Kier molecular flexibility index (Phi) is 5.84. The molecule has 28 heavy (non-hydrogen) atoms. The first kappa shape index (κ1) is 19.7. The van der Waals surface area contributed by atoms with Crippen LogP contribution in [-0.2, 0) is 9.53 Å². The number of ketones is 1. The predicted octanol–water partition coefficient (Wildman–Crippen LogP) is 3.10. The Labute approximate surface area is 167 Å². The molecule has 0 unspecified atom stereocenters. The molecule has 1 amide bonds. The third kappa shape index (κ3) is 4.09. The average Bonchev–Trinajstić information content (AvgIpc) is 3.13. The summed E-state index contributed by atoms with van der Waals surface area (Å²) in [6, 6.07) is 9.39. The first-order chi connectivity index (χ1) is 13.4. The minimum atomic E-state index is -0.744. The van der Waals surface area contributed by atoms with Crippen molar-refractivity contribution in [1.82, 2.24) is 0 Å². The summed E-state index contributed by atoms with van der Waals surface area (Å²) in [5.74, 6) is -0.831. The molecule has 0 bridgehead atoms. The van der Waals surface area contributed by atoms with Crippen LogP contribution in [0, 0.1) is 0 Å². The van der Waals surface area contributed by atoms with Crippen LogP contribution < -0.4 is 15.4 Å². The number of rotatable bonds is 6. The van der Waals surface area contributed by atoms with E-state index in [1.54, 1.807) is 29.2 Å². The molecule has 1 aliphatic rings. The quantitative estimate of drug-likeness (QED) is 0.453. The van der Waals surface area contributed by atoms with Gasteiger partial charge in [0.2, 0.25) is 5.91 Å². The number of Topliss-reactive ketones (excluding diaryl/α,β-unsaturated/α-hetero) is 1. The average molecular weight is 403 g/mol. The smallest absolute Gasteiger partial charge is 0.342 e. The molecule has 1 aliphatic heterocycles. The van der Waals surface area contributed by atoms with Crippen LogP contribution >= 0.6 is 11.6 Å². The molecule has 1 heterocycles. The normalized spacial score (nSPS) is 13.5. The number of hydrogen-bond acceptors (Lipinski definition) is 6. The molecule has 7 nitrogen and oxygen atoms in total. The van der Waals surface area contributed by atoms with Crippen LogP contribution in [0.1, 0.15) is 33.6 Å². The zero-order chi connectivity index (χ0) is 20.3. The number of amides is 1. The summed E-state index contributed by atoms with van der Waals surface area (Å²) in [5, 5.41) is 0.186. The van der Waals surface area contributed by atoms with E-state index in [1.807, 2.05) is 0 Å². The predicted molar refractivity (Wildman–Crippen MR) is 105 cm³/mol. The van der Waals surface area contributed by atoms with Gasteiger partial charge in [-0.1, -0.05) is 11.6 Å². The number of methoxy groups -OCH3 is 1. The monoisotopic (exact) mass is 402 g/mol. The van der Waals surface area contributed by atoms with Gasteiger partial charge in [-0.2, -0.15) is 0 Å². The summed E-state index contributed by atoms with van der Waals surface area (Å²) < 4.78 is 10.2. The first-order valence-electron chi connectivity index (χ1n) is 8.64. The fraction of sp³-hybridized carbons (Fsp3) is 0.250. The summed E-state index contributed by atoms with van der Waals surface area (Å²) in [6.45, 7) is 0.238. The Bertz CT molecular complexity index is 927. The lowest BCUT2D eigenvalue weighted by molar-refractivity contribution is -0.117. The van der Waals surface area contributed by atoms with Gasteiger partial charge in [-0.3, -0.25) is 9.59 Å². The van der Waals surface area contributed by atoms with E-state index in [-0.39, 0.29) is 33.7 Å². The maximum atomic E-state index is 12.3. The number of anilines is 2. The van der Waals surface area contributed by atoms with Crippen molar-refractivity contribution in [1.29, 1.82) is 0 Å². The van der Waals surface area contributed by atoms with Gasteiger partial charge in [-0.15, -0.1) is 0 Å². The van der Waals surface area contributed by atoms with Gasteiger partial charge >= 0.3 is 5.97 Å². The molecule has 3 rings (SSSR count). The van der Waals surface area contributed by atoms with E-state index in [0.29, 0.717) is 18.5 Å². The van der Waals surface area contributed by atoms with Gasteiger partial charge in [0, 0.05) is 30.3 Å². The fourth-order valence-corrected chi connectivity index (χ4v) is 3.10. The van der Waals surface area contributed by atoms with Crippen LogP contribution in [0.2, 0.25) is 5.02 Å². The van der Waals surface area contributed by atoms with E-state index < -0.39 is 12.6 Å². The second kappa shape index (κ2) is 8.31. The molecule has 1 fully saturated rings. The van der Waals surface area contributed by atoms with Crippen molar-refractivity contribution < 1.29 is 23.9 Å². The van der Waals surface area contributed by atoms with E-state index in [4.69, 9.17) is 26.8 Å². The lowest BCUT2D eigenvalue weighted by Gasteiger charge is -2.15. The van der Waals surface area contributed by atoms with Gasteiger partial charge < -0.3 is 20.1 Å². The molecular weight excluding hydrogens is 384 g/mol. The number of nitrogen functional groups attached to an aromatic ring is 1. The van der Waals surface area contributed by atoms with Gasteiger partial charge in [0.15, 0.2) is 12.4 Å². The van der Waals surface area contributed by atoms with Crippen LogP contribution in [0.25, 0.3) is 0 Å². The molecule has 2 N–H and O–H groups in total. The van der Waals surface area contributed by atoms with E-state index in [9.17, 15) is 14.4 Å². The van der Waals surface area contributed by atoms with Crippen LogP contribution in [0.3, 0.4) is 0 Å². The zero-order valence-electron chi connectivity index (χ0n) is 15.2. The Morgan fingerprint density at radius 2 is 1.93 bits per heavy atom. The summed E-state index contributed by atoms with van der Waals surface area (Å²) in [5.41, 5.74) is 7.16. The molecule has 0 spiro atoms. The van der Waals surface area contributed by atoms with Crippen molar-refractivity contribution in [3.8, 4) is 5.75 Å². The molecule has 0 aliphatic carbocycles. The highest BCUT2D eigenvalue weighted by molar-refractivity contribution is 6.33. The number of halogens is 1. The number of nitrogens with two attached hydrogens (primary N) is 1. The first-order valence-corrected chi connectivity index (χ1v) is 9.02. The van der Waals surface area contributed by atoms with E-state index in [2.05, 4.69) is 0 Å². The Balaban J connectivity index is 1.65. The molecule has 0 saturated carbocycles. The standard InChI is InChI=1S/C20H19ClN2O5/c1-27-18-10-16(22)15(21)9-14(18)20(26)28-11-17(24)12-4-6-13(7-5-12)23-8-2-3-19(23)25/h4-7,9-10H,2-3,8,11,22H2,1H3. The molecule has 0 aromatic heterocycles. The van der Waals surface area contributed by atoms with Gasteiger partial charge in [0.1, 0.15) is 11.3 Å². The maximum absolute atomic E-state index is 12.3. The van der Waals surface area contributed by atoms with E-state index >= 15 is 0 Å². The van der Waals surface area contributed by atoms with Crippen molar-refractivity contribution in [3.63, 3.8) is 0 Å². The topological polar surface area (TPSA) is 98.9 Å². The molecule has 146 valence electrons. The van der Waals surface area contributed by atoms with Gasteiger partial charge in [0.05, 0.1) is 17.8 Å². The second-order valence-electron chi connectivity index (χ2n) is 6.27. The number of carbonyl (C=O) groups is 3. The van der Waals surface area contributed by atoms with Crippen molar-refractivity contribution in [2.45, 2.75) is 12.8 Å². The third-order valence-electron chi connectivity index (χ3n) is 4.45. The van der Waals surface area contributed by atoms with Crippen LogP contribution in [0.4, 0.5) is 11.4 Å². The SMILES string of the molecule is COc1cc(N)c(Cl)cc1C(=O)OCC(=O)c1ccc(N2CCCC2=O)cc1. The molecule has 0 atom stereocenters. The van der Waals surface area contributed by atoms with Gasteiger partial charge in [0.25, 0.3) is 0 Å². The molecule has 2 aromatic rings. The minimum absolute atomic E-state index is 0.0733. The van der Waals surface area contributed by atoms with Crippen LogP contribution in [0.15, 0.2) is 36.4 Å². The number of ether oxygens (including phenoxy) is 2. The van der Waals surface area contributed by atoms with Crippen molar-refractivity contribution in [2.75, 3.05) is 30.9 Å². The highest BCUT2D eigenvalue weighted by Crippen LogP contribution is 2.29. The molecular formula is C20H19ClN2O5. The van der Waals surface area contributed by atoms with Crippen molar-refractivity contribution >= 4 is 40.6 Å². The largest absolute Gasteiger partial charge is 0.496 e. The summed E-state index contributed by atoms with van der Waals surface area (Å²) in [7, 11) is 1.39. The van der Waals surface area contributed by atoms with Crippen molar-refractivity contribution in [3.05, 3.63) is 52.5 Å². The van der Waals surface area contributed by atoms with Gasteiger partial charge in [-0.05, 0) is 36.8 Å². The van der Waals surface area contributed by atoms with Crippen LogP contribution in [-0.4, -0.2) is 37.9 Å². The second-order valence-corrected chi connectivity index (χ2v) is 6.68. The van der Waals surface area contributed by atoms with Crippen molar-refractivity contribution in [2.24, 2.45) is 0 Å². The highest BCUT2D eigenvalue weighted by atomic mass is 35.5. The van der Waals surface area contributed by atoms with Gasteiger partial charge in [-0.25, -0.2) is 4.79 Å². The number of benzene rings is 2. The fourth-order valence-electron chi connectivity index (χ4n) is 2.94.